The Hall–Kier alpha value is -1.85. The van der Waals surface area contributed by atoms with Gasteiger partial charge in [-0.3, -0.25) is 4.90 Å². The summed E-state index contributed by atoms with van der Waals surface area (Å²) in [6, 6.07) is 4.60. The van der Waals surface area contributed by atoms with E-state index in [1.165, 1.54) is 36.0 Å². The largest absolute Gasteiger partial charge is 0.496 e. The molecule has 1 fully saturated rings. The van der Waals surface area contributed by atoms with Crippen LogP contribution in [0.5, 0.6) is 5.75 Å². The van der Waals surface area contributed by atoms with Crippen LogP contribution in [0.15, 0.2) is 24.5 Å². The predicted octanol–water partition coefficient (Wildman–Crippen LogP) is 2.86. The van der Waals surface area contributed by atoms with E-state index in [9.17, 15) is 5.11 Å². The molecule has 1 aliphatic carbocycles. The van der Waals surface area contributed by atoms with Crippen LogP contribution >= 0.6 is 0 Å². The lowest BCUT2D eigenvalue weighted by atomic mass is 9.90. The quantitative estimate of drug-likeness (QED) is 0.896. The van der Waals surface area contributed by atoms with Crippen molar-refractivity contribution in [2.45, 2.75) is 44.8 Å². The molecule has 5 nitrogen and oxygen atoms in total. The third-order valence-electron chi connectivity index (χ3n) is 6.09. The van der Waals surface area contributed by atoms with Gasteiger partial charge in [0.15, 0.2) is 0 Å². The Morgan fingerprint density at radius 2 is 1.96 bits per heavy atom. The lowest BCUT2D eigenvalue weighted by Gasteiger charge is -2.34. The van der Waals surface area contributed by atoms with Gasteiger partial charge in [-0.15, -0.1) is 0 Å². The highest BCUT2D eigenvalue weighted by Crippen LogP contribution is 2.33. The molecule has 0 spiro atoms. The number of hydrogen-bond acceptors (Lipinski definition) is 4. The molecule has 2 heterocycles. The number of methoxy groups -OCH3 is 1. The Labute approximate surface area is 155 Å². The zero-order valence-corrected chi connectivity index (χ0v) is 15.8. The topological polar surface area (TPSA) is 50.5 Å². The Morgan fingerprint density at radius 3 is 2.62 bits per heavy atom. The van der Waals surface area contributed by atoms with Gasteiger partial charge in [0.05, 0.1) is 7.11 Å². The van der Waals surface area contributed by atoms with Gasteiger partial charge in [-0.05, 0) is 68.3 Å². The zero-order valence-electron chi connectivity index (χ0n) is 15.8. The lowest BCUT2D eigenvalue weighted by molar-refractivity contribution is 0.0490. The first-order valence-electron chi connectivity index (χ1n) is 9.72. The highest BCUT2D eigenvalue weighted by Gasteiger charge is 2.29. The van der Waals surface area contributed by atoms with Crippen molar-refractivity contribution in [1.29, 1.82) is 0 Å². The SMILES string of the molecule is COc1cc2c(cc1CN1CCC(C(O)c3nccn3C)CC1)CCC2. The van der Waals surface area contributed by atoms with Crippen LogP contribution in [0.1, 0.15) is 47.9 Å². The van der Waals surface area contributed by atoms with Gasteiger partial charge in [0.25, 0.3) is 0 Å². The van der Waals surface area contributed by atoms with Crippen molar-refractivity contribution in [2.75, 3.05) is 20.2 Å². The molecule has 1 aliphatic heterocycles. The smallest absolute Gasteiger partial charge is 0.137 e. The van der Waals surface area contributed by atoms with Crippen molar-refractivity contribution in [3.63, 3.8) is 0 Å². The minimum absolute atomic E-state index is 0.286. The molecule has 1 aromatic carbocycles. The summed E-state index contributed by atoms with van der Waals surface area (Å²) in [4.78, 5) is 6.80. The summed E-state index contributed by atoms with van der Waals surface area (Å²) in [7, 11) is 3.72. The molecule has 1 saturated heterocycles. The molecular weight excluding hydrogens is 326 g/mol. The van der Waals surface area contributed by atoms with Gasteiger partial charge >= 0.3 is 0 Å². The van der Waals surface area contributed by atoms with E-state index in [1.807, 2.05) is 17.8 Å². The van der Waals surface area contributed by atoms with Crippen LogP contribution in [-0.4, -0.2) is 39.8 Å². The maximum Gasteiger partial charge on any atom is 0.137 e. The number of benzene rings is 1. The molecule has 0 bridgehead atoms. The maximum absolute atomic E-state index is 10.7. The van der Waals surface area contributed by atoms with E-state index in [2.05, 4.69) is 22.0 Å². The normalized spacial score (nSPS) is 19.5. The highest BCUT2D eigenvalue weighted by molar-refractivity contribution is 5.44. The van der Waals surface area contributed by atoms with Crippen LogP contribution in [0, 0.1) is 5.92 Å². The Balaban J connectivity index is 1.39. The van der Waals surface area contributed by atoms with E-state index < -0.39 is 6.10 Å². The number of fused-ring (bicyclic) bond motifs is 1. The summed E-state index contributed by atoms with van der Waals surface area (Å²) < 4.78 is 7.58. The first-order chi connectivity index (χ1) is 12.7. The Morgan fingerprint density at radius 1 is 1.23 bits per heavy atom. The number of likely N-dealkylation sites (tertiary alicyclic amines) is 1. The van der Waals surface area contributed by atoms with Crippen LogP contribution in [0.3, 0.4) is 0 Å². The van der Waals surface area contributed by atoms with Crippen LogP contribution < -0.4 is 4.74 Å². The summed E-state index contributed by atoms with van der Waals surface area (Å²) in [6.07, 6.45) is 8.83. The Kier molecular flexibility index (Phi) is 5.00. The molecule has 1 aromatic heterocycles. The van der Waals surface area contributed by atoms with Crippen molar-refractivity contribution in [1.82, 2.24) is 14.5 Å². The van der Waals surface area contributed by atoms with E-state index in [0.717, 1.165) is 44.0 Å². The average Bonchev–Trinajstić information content (AvgIpc) is 3.29. The number of aliphatic hydroxyl groups is 1. The van der Waals surface area contributed by atoms with E-state index in [0.29, 0.717) is 0 Å². The van der Waals surface area contributed by atoms with Gasteiger partial charge in [0.2, 0.25) is 0 Å². The van der Waals surface area contributed by atoms with Crippen LogP contribution in [0.2, 0.25) is 0 Å². The Bertz CT molecular complexity index is 763. The van der Waals surface area contributed by atoms with E-state index in [-0.39, 0.29) is 5.92 Å². The average molecular weight is 355 g/mol. The van der Waals surface area contributed by atoms with Gasteiger partial charge in [0.1, 0.15) is 17.7 Å². The van der Waals surface area contributed by atoms with E-state index in [1.54, 1.807) is 13.3 Å². The number of aryl methyl sites for hydroxylation is 3. The molecule has 0 amide bonds. The molecule has 0 radical (unpaired) electrons. The fraction of sp³-hybridized carbons (Fsp3) is 0.571. The maximum atomic E-state index is 10.7. The summed E-state index contributed by atoms with van der Waals surface area (Å²) >= 11 is 0. The van der Waals surface area contributed by atoms with Crippen molar-refractivity contribution >= 4 is 0 Å². The second-order valence-corrected chi connectivity index (χ2v) is 7.74. The van der Waals surface area contributed by atoms with Crippen molar-refractivity contribution in [3.8, 4) is 5.75 Å². The summed E-state index contributed by atoms with van der Waals surface area (Å²) in [5.74, 6) is 2.10. The standard InChI is InChI=1S/C21H29N3O2/c1-23-11-8-22-21(23)20(25)15-6-9-24(10-7-15)14-18-12-16-4-3-5-17(16)13-19(18)26-2/h8,11-13,15,20,25H,3-7,9-10,14H2,1-2H3. The van der Waals surface area contributed by atoms with E-state index >= 15 is 0 Å². The highest BCUT2D eigenvalue weighted by atomic mass is 16.5. The molecule has 0 saturated carbocycles. The monoisotopic (exact) mass is 355 g/mol. The molecule has 2 aliphatic rings. The predicted molar refractivity (Wildman–Crippen MR) is 101 cm³/mol. The molecule has 1 atom stereocenters. The summed E-state index contributed by atoms with van der Waals surface area (Å²) in [6.45, 7) is 2.94. The van der Waals surface area contributed by atoms with Crippen LogP contribution in [-0.2, 0) is 26.4 Å². The van der Waals surface area contributed by atoms with Crippen LogP contribution in [0.4, 0.5) is 0 Å². The van der Waals surface area contributed by atoms with Gasteiger partial charge in [-0.1, -0.05) is 6.07 Å². The number of nitrogens with zero attached hydrogens (tertiary/aromatic N) is 3. The summed E-state index contributed by atoms with van der Waals surface area (Å²) in [5, 5.41) is 10.7. The van der Waals surface area contributed by atoms with Crippen LogP contribution in [0.25, 0.3) is 0 Å². The van der Waals surface area contributed by atoms with Gasteiger partial charge in [0, 0.05) is 31.5 Å². The first-order valence-corrected chi connectivity index (χ1v) is 9.72. The fourth-order valence-corrected chi connectivity index (χ4v) is 4.51. The molecule has 140 valence electrons. The lowest BCUT2D eigenvalue weighted by Crippen LogP contribution is -2.35. The van der Waals surface area contributed by atoms with Crippen molar-refractivity contribution < 1.29 is 9.84 Å². The summed E-state index contributed by atoms with van der Waals surface area (Å²) in [5.41, 5.74) is 4.26. The first kappa shape index (κ1) is 17.6. The van der Waals surface area contributed by atoms with E-state index in [4.69, 9.17) is 4.74 Å². The number of rotatable bonds is 5. The molecule has 4 rings (SSSR count). The molecular formula is C21H29N3O2. The van der Waals surface area contributed by atoms with Gasteiger partial charge < -0.3 is 14.4 Å². The van der Waals surface area contributed by atoms with Gasteiger partial charge in [-0.25, -0.2) is 4.98 Å². The second-order valence-electron chi connectivity index (χ2n) is 7.74. The minimum Gasteiger partial charge on any atom is -0.496 e. The minimum atomic E-state index is -0.466. The molecule has 2 aromatic rings. The number of aliphatic hydroxyl groups excluding tert-OH is 1. The second kappa shape index (κ2) is 7.41. The van der Waals surface area contributed by atoms with Crippen molar-refractivity contribution in [2.24, 2.45) is 13.0 Å². The number of piperidine rings is 1. The number of imidazole rings is 1. The number of hydrogen-bond donors (Lipinski definition) is 1. The molecule has 5 heteroatoms. The zero-order chi connectivity index (χ0) is 18.1. The van der Waals surface area contributed by atoms with Crippen molar-refractivity contribution in [3.05, 3.63) is 47.0 Å². The third kappa shape index (κ3) is 3.38. The number of aromatic nitrogens is 2. The molecule has 1 N–H and O–H groups in total. The number of ether oxygens (including phenoxy) is 1. The molecule has 26 heavy (non-hydrogen) atoms. The molecule has 1 unspecified atom stereocenters. The third-order valence-corrected chi connectivity index (χ3v) is 6.09. The fourth-order valence-electron chi connectivity index (χ4n) is 4.51. The van der Waals surface area contributed by atoms with Gasteiger partial charge in [-0.2, -0.15) is 0 Å².